The summed E-state index contributed by atoms with van der Waals surface area (Å²) in [6.45, 7) is 4.88. The topological polar surface area (TPSA) is 51.5 Å². The van der Waals surface area contributed by atoms with E-state index in [0.29, 0.717) is 23.6 Å². The lowest BCUT2D eigenvalue weighted by Gasteiger charge is -2.37. The molecule has 4 nitrogen and oxygen atoms in total. The maximum Gasteiger partial charge on any atom is 0.348 e. The van der Waals surface area contributed by atoms with Crippen molar-refractivity contribution in [2.75, 3.05) is 5.75 Å². The third-order valence-corrected chi connectivity index (χ3v) is 7.33. The summed E-state index contributed by atoms with van der Waals surface area (Å²) in [7, 11) is 0. The Kier molecular flexibility index (Phi) is 6.75. The summed E-state index contributed by atoms with van der Waals surface area (Å²) >= 11 is 1.37. The van der Waals surface area contributed by atoms with Crippen molar-refractivity contribution in [1.82, 2.24) is 4.57 Å². The third kappa shape index (κ3) is 4.78. The van der Waals surface area contributed by atoms with E-state index in [1.54, 1.807) is 0 Å². The lowest BCUT2D eigenvalue weighted by atomic mass is 9.84. The minimum absolute atomic E-state index is 0.128. The van der Waals surface area contributed by atoms with Gasteiger partial charge in [-0.05, 0) is 43.0 Å². The number of aryl methyl sites for hydroxylation is 3. The highest BCUT2D eigenvalue weighted by molar-refractivity contribution is 8.04. The maximum absolute atomic E-state index is 13.1. The number of aliphatic hydroxyl groups excluding tert-OH is 1. The standard InChI is InChI=1S/C27H29NO3S/c1-20-13-16-28(21(20)2)17-15-27(23-11-7-4-8-12-23)19-24(29)25(26(30)31-27)32-18-14-22-9-5-3-6-10-22/h3-13,16,29H,14-15,17-19H2,1-2H3. The first-order chi connectivity index (χ1) is 15.5. The van der Waals surface area contributed by atoms with Crippen molar-refractivity contribution < 1.29 is 14.6 Å². The number of aromatic nitrogens is 1. The highest BCUT2D eigenvalue weighted by Crippen LogP contribution is 2.43. The summed E-state index contributed by atoms with van der Waals surface area (Å²) in [5.74, 6) is 0.401. The van der Waals surface area contributed by atoms with Gasteiger partial charge in [0.25, 0.3) is 0 Å². The summed E-state index contributed by atoms with van der Waals surface area (Å²) in [6, 6.07) is 22.0. The average molecular weight is 448 g/mol. The van der Waals surface area contributed by atoms with Crippen molar-refractivity contribution in [3.63, 3.8) is 0 Å². The number of cyclic esters (lactones) is 1. The van der Waals surface area contributed by atoms with Gasteiger partial charge in [-0.15, -0.1) is 11.8 Å². The Morgan fingerprint density at radius 2 is 1.72 bits per heavy atom. The fraction of sp³-hybridized carbons (Fsp3) is 0.296. The van der Waals surface area contributed by atoms with E-state index in [4.69, 9.17) is 4.74 Å². The summed E-state index contributed by atoms with van der Waals surface area (Å²) < 4.78 is 8.30. The molecule has 0 bridgehead atoms. The van der Waals surface area contributed by atoms with E-state index in [0.717, 1.165) is 12.0 Å². The molecule has 0 saturated carbocycles. The second-order valence-corrected chi connectivity index (χ2v) is 9.42. The van der Waals surface area contributed by atoms with Gasteiger partial charge in [0.2, 0.25) is 0 Å². The van der Waals surface area contributed by atoms with Gasteiger partial charge in [-0.1, -0.05) is 60.7 Å². The van der Waals surface area contributed by atoms with E-state index in [-0.39, 0.29) is 12.2 Å². The number of rotatable bonds is 8. The van der Waals surface area contributed by atoms with Gasteiger partial charge in [-0.25, -0.2) is 4.79 Å². The Balaban J connectivity index is 1.54. The molecule has 5 heteroatoms. The molecular formula is C27H29NO3S. The first-order valence-electron chi connectivity index (χ1n) is 11.0. The van der Waals surface area contributed by atoms with Crippen LogP contribution in [0, 0.1) is 13.8 Å². The molecule has 0 aliphatic carbocycles. The Labute approximate surface area is 193 Å². The first-order valence-corrected chi connectivity index (χ1v) is 12.0. The van der Waals surface area contributed by atoms with Crippen LogP contribution in [0.25, 0.3) is 0 Å². The lowest BCUT2D eigenvalue weighted by Crippen LogP contribution is -2.38. The molecular weight excluding hydrogens is 418 g/mol. The summed E-state index contributed by atoms with van der Waals surface area (Å²) in [5, 5.41) is 10.9. The van der Waals surface area contributed by atoms with Crippen LogP contribution in [0.1, 0.15) is 35.2 Å². The molecule has 1 aliphatic heterocycles. The lowest BCUT2D eigenvalue weighted by molar-refractivity contribution is -0.160. The number of esters is 1. The number of ether oxygens (including phenoxy) is 1. The summed E-state index contributed by atoms with van der Waals surface area (Å²) in [5.41, 5.74) is 3.68. The van der Waals surface area contributed by atoms with Crippen LogP contribution in [0.4, 0.5) is 0 Å². The molecule has 2 heterocycles. The molecule has 1 aliphatic rings. The van der Waals surface area contributed by atoms with Crippen LogP contribution in [0.5, 0.6) is 0 Å². The fourth-order valence-electron chi connectivity index (χ4n) is 4.18. The molecule has 32 heavy (non-hydrogen) atoms. The number of hydrogen-bond donors (Lipinski definition) is 1. The Morgan fingerprint density at radius 3 is 2.34 bits per heavy atom. The smallest absolute Gasteiger partial charge is 0.348 e. The predicted octanol–water partition coefficient (Wildman–Crippen LogP) is 6.08. The second-order valence-electron chi connectivity index (χ2n) is 8.31. The molecule has 0 saturated heterocycles. The molecule has 1 unspecified atom stereocenters. The number of benzene rings is 2. The van der Waals surface area contributed by atoms with Gasteiger partial charge in [0.05, 0.1) is 6.42 Å². The second kappa shape index (κ2) is 9.70. The number of carbonyl (C=O) groups excluding carboxylic acids is 1. The van der Waals surface area contributed by atoms with Crippen LogP contribution in [-0.2, 0) is 28.1 Å². The van der Waals surface area contributed by atoms with Crippen LogP contribution in [0.2, 0.25) is 0 Å². The maximum atomic E-state index is 13.1. The molecule has 0 spiro atoms. The largest absolute Gasteiger partial charge is 0.511 e. The SMILES string of the molecule is Cc1ccn(CCC2(c3ccccc3)CC(O)=C(SCCc3ccccc3)C(=O)O2)c1C. The van der Waals surface area contributed by atoms with Crippen LogP contribution >= 0.6 is 11.8 Å². The number of nitrogens with zero attached hydrogens (tertiary/aromatic N) is 1. The molecule has 3 aromatic rings. The van der Waals surface area contributed by atoms with Gasteiger partial charge in [-0.3, -0.25) is 0 Å². The Hall–Kier alpha value is -2.92. The molecule has 0 radical (unpaired) electrons. The molecule has 1 aromatic heterocycles. The monoisotopic (exact) mass is 447 g/mol. The van der Waals surface area contributed by atoms with Crippen LogP contribution in [-0.4, -0.2) is 21.4 Å². The number of aliphatic hydroxyl groups is 1. The van der Waals surface area contributed by atoms with Gasteiger partial charge in [0, 0.05) is 30.6 Å². The normalized spacial score (nSPS) is 18.6. The van der Waals surface area contributed by atoms with E-state index < -0.39 is 11.6 Å². The van der Waals surface area contributed by atoms with Crippen LogP contribution < -0.4 is 0 Å². The predicted molar refractivity (Wildman–Crippen MR) is 130 cm³/mol. The third-order valence-electron chi connectivity index (χ3n) is 6.23. The molecule has 0 fully saturated rings. The van der Waals surface area contributed by atoms with E-state index in [1.807, 2.05) is 48.5 Å². The van der Waals surface area contributed by atoms with Crippen LogP contribution in [0.15, 0.2) is 83.6 Å². The van der Waals surface area contributed by atoms with Crippen molar-refractivity contribution in [3.05, 3.63) is 106 Å². The minimum Gasteiger partial charge on any atom is -0.511 e. The zero-order valence-corrected chi connectivity index (χ0v) is 19.4. The van der Waals surface area contributed by atoms with E-state index >= 15 is 0 Å². The Morgan fingerprint density at radius 1 is 1.03 bits per heavy atom. The van der Waals surface area contributed by atoms with Gasteiger partial charge in [-0.2, -0.15) is 0 Å². The van der Waals surface area contributed by atoms with Crippen LogP contribution in [0.3, 0.4) is 0 Å². The van der Waals surface area contributed by atoms with Crippen molar-refractivity contribution in [3.8, 4) is 0 Å². The van der Waals surface area contributed by atoms with Gasteiger partial charge >= 0.3 is 5.97 Å². The summed E-state index contributed by atoms with van der Waals surface area (Å²) in [6.07, 6.45) is 3.76. The number of hydrogen-bond acceptors (Lipinski definition) is 4. The van der Waals surface area contributed by atoms with E-state index in [2.05, 4.69) is 42.8 Å². The van der Waals surface area contributed by atoms with E-state index in [1.165, 1.54) is 28.6 Å². The quantitative estimate of drug-likeness (QED) is 0.425. The van der Waals surface area contributed by atoms with Gasteiger partial charge in [0.15, 0.2) is 0 Å². The van der Waals surface area contributed by atoms with Crippen molar-refractivity contribution in [2.24, 2.45) is 0 Å². The molecule has 2 aromatic carbocycles. The molecule has 166 valence electrons. The number of carbonyl (C=O) groups is 1. The molecule has 1 N–H and O–H groups in total. The average Bonchev–Trinajstić information content (AvgIpc) is 3.13. The van der Waals surface area contributed by atoms with Crippen molar-refractivity contribution >= 4 is 17.7 Å². The van der Waals surface area contributed by atoms with E-state index in [9.17, 15) is 9.90 Å². The molecule has 0 amide bonds. The number of thioether (sulfide) groups is 1. The summed E-state index contributed by atoms with van der Waals surface area (Å²) in [4.78, 5) is 13.4. The molecule has 1 atom stereocenters. The van der Waals surface area contributed by atoms with Crippen molar-refractivity contribution in [2.45, 2.75) is 45.3 Å². The van der Waals surface area contributed by atoms with Gasteiger partial charge < -0.3 is 14.4 Å². The fourth-order valence-corrected chi connectivity index (χ4v) is 5.12. The zero-order chi connectivity index (χ0) is 22.6. The Bertz CT molecular complexity index is 1100. The zero-order valence-electron chi connectivity index (χ0n) is 18.6. The first kappa shape index (κ1) is 22.3. The highest BCUT2D eigenvalue weighted by atomic mass is 32.2. The van der Waals surface area contributed by atoms with Gasteiger partial charge in [0.1, 0.15) is 16.3 Å². The van der Waals surface area contributed by atoms with Crippen molar-refractivity contribution in [1.29, 1.82) is 0 Å². The highest BCUT2D eigenvalue weighted by Gasteiger charge is 2.43. The molecule has 4 rings (SSSR count). The minimum atomic E-state index is -0.878.